The van der Waals surface area contributed by atoms with Gasteiger partial charge in [-0.2, -0.15) is 0 Å². The van der Waals surface area contributed by atoms with Crippen molar-refractivity contribution in [2.45, 2.75) is 19.8 Å². The first-order valence-electron chi connectivity index (χ1n) is 10.9. The summed E-state index contributed by atoms with van der Waals surface area (Å²) in [5.74, 6) is -0.0949. The van der Waals surface area contributed by atoms with Crippen LogP contribution in [0.3, 0.4) is 0 Å². The molecule has 7 heteroatoms. The third-order valence-corrected chi connectivity index (χ3v) is 6.92. The van der Waals surface area contributed by atoms with Crippen molar-refractivity contribution in [3.8, 4) is 11.3 Å². The fraction of sp³-hybridized carbons (Fsp3) is 0.280. The van der Waals surface area contributed by atoms with E-state index in [0.717, 1.165) is 36.8 Å². The minimum Gasteiger partial charge on any atom is -0.368 e. The summed E-state index contributed by atoms with van der Waals surface area (Å²) < 4.78 is 16.1. The van der Waals surface area contributed by atoms with Crippen LogP contribution >= 0.6 is 11.3 Å². The molecule has 2 aromatic carbocycles. The zero-order valence-corrected chi connectivity index (χ0v) is 18.8. The Bertz CT molecular complexity index is 1260. The Balaban J connectivity index is 1.21. The largest absolute Gasteiger partial charge is 0.368 e. The summed E-state index contributed by atoms with van der Waals surface area (Å²) in [5, 5.41) is 2.04. The minimum absolute atomic E-state index is 0.183. The number of carbonyl (C=O) groups excluding carboxylic acids is 1. The molecule has 0 radical (unpaired) electrons. The molecule has 1 aliphatic rings. The van der Waals surface area contributed by atoms with Crippen LogP contribution in [-0.4, -0.2) is 46.4 Å². The molecule has 1 amide bonds. The van der Waals surface area contributed by atoms with Gasteiger partial charge in [0.25, 0.3) is 0 Å². The molecule has 4 aromatic rings. The summed E-state index contributed by atoms with van der Waals surface area (Å²) in [6.45, 7) is 5.30. The van der Waals surface area contributed by atoms with Crippen molar-refractivity contribution in [1.29, 1.82) is 0 Å². The second-order valence-corrected chi connectivity index (χ2v) is 9.03. The van der Waals surface area contributed by atoms with Crippen LogP contribution in [-0.2, 0) is 11.2 Å². The molecule has 0 saturated carbocycles. The minimum atomic E-state index is -0.278. The van der Waals surface area contributed by atoms with Gasteiger partial charge in [-0.25, -0.2) is 9.37 Å². The highest BCUT2D eigenvalue weighted by molar-refractivity contribution is 7.15. The van der Waals surface area contributed by atoms with Gasteiger partial charge in [-0.3, -0.25) is 9.20 Å². The van der Waals surface area contributed by atoms with Crippen molar-refractivity contribution in [2.24, 2.45) is 0 Å². The number of halogens is 1. The monoisotopic (exact) mass is 448 g/mol. The molecule has 5 rings (SSSR count). The van der Waals surface area contributed by atoms with Crippen molar-refractivity contribution in [3.63, 3.8) is 0 Å². The van der Waals surface area contributed by atoms with Crippen LogP contribution < -0.4 is 4.90 Å². The van der Waals surface area contributed by atoms with Gasteiger partial charge in [0.1, 0.15) is 5.82 Å². The second-order valence-electron chi connectivity index (χ2n) is 8.19. The van der Waals surface area contributed by atoms with E-state index < -0.39 is 0 Å². The number of nitrogens with zero attached hydrogens (tertiary/aromatic N) is 4. The van der Waals surface area contributed by atoms with Crippen molar-refractivity contribution >= 4 is 27.9 Å². The molecule has 0 bridgehead atoms. The molecule has 32 heavy (non-hydrogen) atoms. The molecule has 0 aliphatic carbocycles. The number of piperazine rings is 1. The highest BCUT2D eigenvalue weighted by Crippen LogP contribution is 2.26. The van der Waals surface area contributed by atoms with Crippen LogP contribution in [0.5, 0.6) is 0 Å². The smallest absolute Gasteiger partial charge is 0.223 e. The number of hydrogen-bond donors (Lipinski definition) is 0. The molecule has 0 spiro atoms. The zero-order valence-electron chi connectivity index (χ0n) is 18.0. The zero-order chi connectivity index (χ0) is 22.1. The normalized spacial score (nSPS) is 14.3. The number of hydrogen-bond acceptors (Lipinski definition) is 4. The highest BCUT2D eigenvalue weighted by atomic mass is 32.1. The molecule has 1 fully saturated rings. The molecular formula is C25H25FN4OS. The molecule has 1 aliphatic heterocycles. The first kappa shape index (κ1) is 20.7. The van der Waals surface area contributed by atoms with E-state index in [0.29, 0.717) is 24.1 Å². The molecular weight excluding hydrogens is 423 g/mol. The Morgan fingerprint density at radius 2 is 1.91 bits per heavy atom. The van der Waals surface area contributed by atoms with Crippen LogP contribution in [0.15, 0.2) is 60.1 Å². The number of fused-ring (bicyclic) bond motifs is 1. The summed E-state index contributed by atoms with van der Waals surface area (Å²) in [5.41, 5.74) is 4.63. The Kier molecular flexibility index (Phi) is 5.66. The fourth-order valence-electron chi connectivity index (χ4n) is 4.24. The Labute approximate surface area is 190 Å². The van der Waals surface area contributed by atoms with E-state index in [4.69, 9.17) is 0 Å². The number of aryl methyl sites for hydroxylation is 2. The van der Waals surface area contributed by atoms with Gasteiger partial charge < -0.3 is 9.80 Å². The van der Waals surface area contributed by atoms with Crippen molar-refractivity contribution < 1.29 is 9.18 Å². The first-order valence-corrected chi connectivity index (χ1v) is 11.8. The van der Waals surface area contributed by atoms with Crippen LogP contribution in [0, 0.1) is 12.7 Å². The van der Waals surface area contributed by atoms with Gasteiger partial charge in [0.05, 0.1) is 5.69 Å². The van der Waals surface area contributed by atoms with Gasteiger partial charge in [-0.1, -0.05) is 24.3 Å². The topological polar surface area (TPSA) is 40.8 Å². The lowest BCUT2D eigenvalue weighted by Gasteiger charge is -2.36. The molecule has 0 unspecified atom stereocenters. The van der Waals surface area contributed by atoms with Crippen LogP contribution in [0.25, 0.3) is 16.2 Å². The third kappa shape index (κ3) is 4.12. The van der Waals surface area contributed by atoms with Crippen molar-refractivity contribution in [2.75, 3.05) is 31.1 Å². The average molecular weight is 449 g/mol. The van der Waals surface area contributed by atoms with E-state index in [1.54, 1.807) is 12.1 Å². The number of anilines is 1. The number of rotatable bonds is 5. The third-order valence-electron chi connectivity index (χ3n) is 6.03. The molecule has 5 nitrogen and oxygen atoms in total. The van der Waals surface area contributed by atoms with Crippen molar-refractivity contribution in [1.82, 2.24) is 14.3 Å². The summed E-state index contributed by atoms with van der Waals surface area (Å²) in [4.78, 5) is 22.5. The average Bonchev–Trinajstić information content (AvgIpc) is 3.39. The molecule has 3 heterocycles. The number of aromatic nitrogens is 2. The predicted molar refractivity (Wildman–Crippen MR) is 127 cm³/mol. The number of amides is 1. The number of thiazole rings is 1. The Hall–Kier alpha value is -3.19. The lowest BCUT2D eigenvalue weighted by Crippen LogP contribution is -2.48. The predicted octanol–water partition coefficient (Wildman–Crippen LogP) is 4.79. The number of imidazole rings is 1. The van der Waals surface area contributed by atoms with Crippen LogP contribution in [0.2, 0.25) is 0 Å². The maximum atomic E-state index is 14.1. The quantitative estimate of drug-likeness (QED) is 0.441. The van der Waals surface area contributed by atoms with Gasteiger partial charge in [-0.05, 0) is 43.2 Å². The Morgan fingerprint density at radius 3 is 2.69 bits per heavy atom. The highest BCUT2D eigenvalue weighted by Gasteiger charge is 2.22. The first-order chi connectivity index (χ1) is 15.6. The summed E-state index contributed by atoms with van der Waals surface area (Å²) >= 11 is 1.52. The van der Waals surface area contributed by atoms with E-state index in [2.05, 4.69) is 41.1 Å². The Morgan fingerprint density at radius 1 is 1.09 bits per heavy atom. The lowest BCUT2D eigenvalue weighted by atomic mass is 10.1. The van der Waals surface area contributed by atoms with E-state index >= 15 is 0 Å². The van der Waals surface area contributed by atoms with E-state index in [1.807, 2.05) is 26.9 Å². The van der Waals surface area contributed by atoms with Gasteiger partial charge in [0.2, 0.25) is 5.91 Å². The summed E-state index contributed by atoms with van der Waals surface area (Å²) in [6, 6.07) is 15.2. The van der Waals surface area contributed by atoms with Crippen LogP contribution in [0.1, 0.15) is 17.7 Å². The van der Waals surface area contributed by atoms with Gasteiger partial charge in [-0.15, -0.1) is 11.3 Å². The molecule has 0 atom stereocenters. The van der Waals surface area contributed by atoms with E-state index in [-0.39, 0.29) is 11.7 Å². The number of carbonyl (C=O) groups is 1. The van der Waals surface area contributed by atoms with Gasteiger partial charge >= 0.3 is 0 Å². The maximum Gasteiger partial charge on any atom is 0.223 e. The van der Waals surface area contributed by atoms with E-state index in [9.17, 15) is 9.18 Å². The standard InChI is InChI=1S/C25H25FN4OS/c1-18-5-4-6-19(15-18)28-11-13-29(14-12-28)24(31)10-9-20-17-32-25-27-23(16-30(20)25)21-7-2-3-8-22(21)26/h2-8,15-17H,9-14H2,1H3. The summed E-state index contributed by atoms with van der Waals surface area (Å²) in [6.07, 6.45) is 2.97. The maximum absolute atomic E-state index is 14.1. The lowest BCUT2D eigenvalue weighted by molar-refractivity contribution is -0.131. The molecule has 1 saturated heterocycles. The fourth-order valence-corrected chi connectivity index (χ4v) is 5.15. The summed E-state index contributed by atoms with van der Waals surface area (Å²) in [7, 11) is 0. The van der Waals surface area contributed by atoms with E-state index in [1.165, 1.54) is 28.7 Å². The molecule has 164 valence electrons. The SMILES string of the molecule is Cc1cccc(N2CCN(C(=O)CCc3csc4nc(-c5ccccc5F)cn34)CC2)c1. The molecule has 0 N–H and O–H groups in total. The molecule has 2 aromatic heterocycles. The van der Waals surface area contributed by atoms with Gasteiger partial charge in [0, 0.05) is 61.1 Å². The second kappa shape index (κ2) is 8.74. The van der Waals surface area contributed by atoms with Crippen LogP contribution in [0.4, 0.5) is 10.1 Å². The van der Waals surface area contributed by atoms with Crippen molar-refractivity contribution in [3.05, 3.63) is 77.2 Å². The number of benzene rings is 2. The van der Waals surface area contributed by atoms with Gasteiger partial charge in [0.15, 0.2) is 4.96 Å².